The molecule has 1 aromatic rings. The van der Waals surface area contributed by atoms with Crippen LogP contribution < -0.4 is 4.72 Å². The molecule has 2 aliphatic heterocycles. The van der Waals surface area contributed by atoms with Crippen LogP contribution in [0.25, 0.3) is 0 Å². The molecule has 0 bridgehead atoms. The third-order valence-corrected chi connectivity index (χ3v) is 8.09. The van der Waals surface area contributed by atoms with Gasteiger partial charge in [-0.3, -0.25) is 0 Å². The molecule has 1 aromatic carbocycles. The minimum atomic E-state index is -3.84. The number of aliphatic hydroxyl groups excluding tert-OH is 4. The Labute approximate surface area is 218 Å². The van der Waals surface area contributed by atoms with Crippen molar-refractivity contribution in [3.63, 3.8) is 0 Å². The number of aliphatic hydroxyl groups is 4. The highest BCUT2D eigenvalue weighted by molar-refractivity contribution is 7.89. The summed E-state index contributed by atoms with van der Waals surface area (Å²) >= 11 is 0. The number of rotatable bonds is 15. The Hall–Kier alpha value is -1.19. The van der Waals surface area contributed by atoms with E-state index in [9.17, 15) is 28.8 Å². The number of hydrogen-bond donors (Lipinski definition) is 5. The molecule has 12 heteroatoms. The van der Waals surface area contributed by atoms with Crippen molar-refractivity contribution in [2.75, 3.05) is 19.8 Å². The van der Waals surface area contributed by atoms with Crippen LogP contribution in [-0.4, -0.2) is 97.8 Å². The van der Waals surface area contributed by atoms with Gasteiger partial charge in [-0.15, -0.1) is 0 Å². The second-order valence-electron chi connectivity index (χ2n) is 9.69. The Balaban J connectivity index is 1.42. The number of hydrogen-bond acceptors (Lipinski definition) is 10. The van der Waals surface area contributed by atoms with Gasteiger partial charge in [-0.2, -0.15) is 0 Å². The molecule has 0 unspecified atom stereocenters. The van der Waals surface area contributed by atoms with Gasteiger partial charge in [-0.05, 0) is 25.5 Å². The standard InChI is InChI=1S/C25H41NO10S/c1-3-4-5-6-7-8-13-33-24-23(30)21(28)19(36-24)15-34-25-22(29)20(27)18(35-25)14-26-37(31,32)17-11-9-16(2)10-12-17/h9-12,18-30H,3-8,13-15H2,1-2H3/t18-,19-,20-,21-,22+,23+,24+,25+/m1/s1. The molecule has 8 atom stereocenters. The average molecular weight is 548 g/mol. The molecule has 37 heavy (non-hydrogen) atoms. The number of benzene rings is 1. The van der Waals surface area contributed by atoms with Gasteiger partial charge in [0, 0.05) is 13.2 Å². The molecular weight excluding hydrogens is 506 g/mol. The van der Waals surface area contributed by atoms with E-state index in [4.69, 9.17) is 18.9 Å². The fourth-order valence-electron chi connectivity index (χ4n) is 4.28. The number of aryl methyl sites for hydroxylation is 1. The lowest BCUT2D eigenvalue weighted by Crippen LogP contribution is -2.40. The van der Waals surface area contributed by atoms with E-state index in [0.717, 1.165) is 24.8 Å². The Bertz CT molecular complexity index is 915. The molecular formula is C25H41NO10S. The Morgan fingerprint density at radius 3 is 2.05 bits per heavy atom. The summed E-state index contributed by atoms with van der Waals surface area (Å²) in [4.78, 5) is 0.0677. The summed E-state index contributed by atoms with van der Waals surface area (Å²) in [5.41, 5.74) is 0.913. The molecule has 2 saturated heterocycles. The zero-order valence-electron chi connectivity index (χ0n) is 21.4. The third-order valence-electron chi connectivity index (χ3n) is 6.65. The molecule has 2 aliphatic rings. The van der Waals surface area contributed by atoms with E-state index < -0.39 is 59.2 Å². The van der Waals surface area contributed by atoms with Crippen LogP contribution in [0, 0.1) is 6.92 Å². The SMILES string of the molecule is CCCCCCCCO[C@H]1O[C@H](CO[C@H]2O[C@H](CNS(=O)(=O)c3ccc(C)cc3)[C@@H](O)[C@@H]2O)[C@@H](O)[C@@H]1O. The van der Waals surface area contributed by atoms with E-state index in [1.807, 2.05) is 6.92 Å². The molecule has 0 amide bonds. The molecule has 0 aromatic heterocycles. The van der Waals surface area contributed by atoms with Crippen LogP contribution in [0.1, 0.15) is 51.0 Å². The summed E-state index contributed by atoms with van der Waals surface area (Å²) in [6.07, 6.45) is -3.12. The zero-order valence-corrected chi connectivity index (χ0v) is 22.3. The lowest BCUT2D eigenvalue weighted by Gasteiger charge is -2.20. The summed E-state index contributed by atoms with van der Waals surface area (Å²) in [6.45, 7) is 3.86. The highest BCUT2D eigenvalue weighted by Gasteiger charge is 2.47. The first kappa shape index (κ1) is 30.4. The third kappa shape index (κ3) is 8.40. The molecule has 212 valence electrons. The van der Waals surface area contributed by atoms with Gasteiger partial charge >= 0.3 is 0 Å². The largest absolute Gasteiger partial charge is 0.387 e. The molecule has 2 heterocycles. The van der Waals surface area contributed by atoms with E-state index in [1.54, 1.807) is 12.1 Å². The van der Waals surface area contributed by atoms with E-state index in [1.165, 1.54) is 31.4 Å². The van der Waals surface area contributed by atoms with Crippen molar-refractivity contribution in [2.45, 2.75) is 106 Å². The summed E-state index contributed by atoms with van der Waals surface area (Å²) in [5.74, 6) is 0. The average Bonchev–Trinajstić information content (AvgIpc) is 3.30. The normalized spacial score (nSPS) is 32.3. The van der Waals surface area contributed by atoms with Gasteiger partial charge in [0.15, 0.2) is 12.6 Å². The first-order valence-corrected chi connectivity index (χ1v) is 14.4. The minimum absolute atomic E-state index is 0.0677. The first-order chi connectivity index (χ1) is 17.6. The van der Waals surface area contributed by atoms with Crippen molar-refractivity contribution >= 4 is 10.0 Å². The van der Waals surface area contributed by atoms with Gasteiger partial charge < -0.3 is 39.4 Å². The predicted octanol–water partition coefficient (Wildman–Crippen LogP) is 0.560. The van der Waals surface area contributed by atoms with Crippen LogP contribution >= 0.6 is 0 Å². The molecule has 11 nitrogen and oxygen atoms in total. The number of sulfonamides is 1. The summed E-state index contributed by atoms with van der Waals surface area (Å²) in [7, 11) is -3.84. The summed E-state index contributed by atoms with van der Waals surface area (Å²) in [6, 6.07) is 6.28. The smallest absolute Gasteiger partial charge is 0.240 e. The van der Waals surface area contributed by atoms with E-state index >= 15 is 0 Å². The molecule has 2 fully saturated rings. The van der Waals surface area contributed by atoms with Gasteiger partial charge in [0.05, 0.1) is 11.5 Å². The number of unbranched alkanes of at least 4 members (excludes halogenated alkanes) is 5. The second kappa shape index (κ2) is 14.3. The highest BCUT2D eigenvalue weighted by Crippen LogP contribution is 2.27. The number of ether oxygens (including phenoxy) is 4. The van der Waals surface area contributed by atoms with Crippen molar-refractivity contribution in [3.05, 3.63) is 29.8 Å². The fourth-order valence-corrected chi connectivity index (χ4v) is 5.32. The van der Waals surface area contributed by atoms with Crippen molar-refractivity contribution in [3.8, 4) is 0 Å². The molecule has 0 saturated carbocycles. The summed E-state index contributed by atoms with van der Waals surface area (Å²) in [5, 5.41) is 41.2. The van der Waals surface area contributed by atoms with Crippen molar-refractivity contribution in [1.82, 2.24) is 4.72 Å². The van der Waals surface area contributed by atoms with Gasteiger partial charge in [0.25, 0.3) is 0 Å². The first-order valence-electron chi connectivity index (χ1n) is 13.0. The number of nitrogens with one attached hydrogen (secondary N) is 1. The van der Waals surface area contributed by atoms with Crippen LogP contribution in [0.3, 0.4) is 0 Å². The Morgan fingerprint density at radius 1 is 0.811 bits per heavy atom. The molecule has 0 radical (unpaired) electrons. The minimum Gasteiger partial charge on any atom is -0.387 e. The highest BCUT2D eigenvalue weighted by atomic mass is 32.2. The quantitative estimate of drug-likeness (QED) is 0.196. The maximum Gasteiger partial charge on any atom is 0.240 e. The van der Waals surface area contributed by atoms with Gasteiger partial charge in [-0.1, -0.05) is 56.7 Å². The van der Waals surface area contributed by atoms with E-state index in [-0.39, 0.29) is 18.0 Å². The molecule has 3 rings (SSSR count). The van der Waals surface area contributed by atoms with Crippen LogP contribution in [0.2, 0.25) is 0 Å². The lowest BCUT2D eigenvalue weighted by molar-refractivity contribution is -0.204. The van der Waals surface area contributed by atoms with Crippen molar-refractivity contribution in [2.24, 2.45) is 0 Å². The van der Waals surface area contributed by atoms with Gasteiger partial charge in [-0.25, -0.2) is 13.1 Å². The van der Waals surface area contributed by atoms with Gasteiger partial charge in [0.2, 0.25) is 10.0 Å². The molecule has 0 aliphatic carbocycles. The summed E-state index contributed by atoms with van der Waals surface area (Å²) < 4.78 is 49.6. The van der Waals surface area contributed by atoms with Crippen LogP contribution in [0.5, 0.6) is 0 Å². The van der Waals surface area contributed by atoms with Gasteiger partial charge in [0.1, 0.15) is 36.6 Å². The van der Waals surface area contributed by atoms with E-state index in [2.05, 4.69) is 11.6 Å². The van der Waals surface area contributed by atoms with Crippen LogP contribution in [0.4, 0.5) is 0 Å². The maximum atomic E-state index is 12.5. The predicted molar refractivity (Wildman–Crippen MR) is 133 cm³/mol. The van der Waals surface area contributed by atoms with Crippen LogP contribution in [-0.2, 0) is 29.0 Å². The fraction of sp³-hybridized carbons (Fsp3) is 0.760. The second-order valence-corrected chi connectivity index (χ2v) is 11.5. The molecule has 5 N–H and O–H groups in total. The zero-order chi connectivity index (χ0) is 27.0. The maximum absolute atomic E-state index is 12.5. The molecule has 0 spiro atoms. The topological polar surface area (TPSA) is 164 Å². The monoisotopic (exact) mass is 547 g/mol. The van der Waals surface area contributed by atoms with Crippen LogP contribution in [0.15, 0.2) is 29.2 Å². The Morgan fingerprint density at radius 2 is 1.38 bits per heavy atom. The Kier molecular flexibility index (Phi) is 11.7. The lowest BCUT2D eigenvalue weighted by atomic mass is 10.1. The van der Waals surface area contributed by atoms with Crippen molar-refractivity contribution < 1.29 is 47.8 Å². The van der Waals surface area contributed by atoms with E-state index in [0.29, 0.717) is 6.61 Å². The van der Waals surface area contributed by atoms with Crippen molar-refractivity contribution in [1.29, 1.82) is 0 Å².